The smallest absolute Gasteiger partial charge is 0.243 e. The fourth-order valence-corrected chi connectivity index (χ4v) is 4.00. The number of anilines is 1. The lowest BCUT2D eigenvalue weighted by atomic mass is 10.0. The van der Waals surface area contributed by atoms with Crippen LogP contribution in [0.3, 0.4) is 0 Å². The van der Waals surface area contributed by atoms with Crippen LogP contribution in [-0.2, 0) is 14.8 Å². The predicted octanol–water partition coefficient (Wildman–Crippen LogP) is 0.436. The van der Waals surface area contributed by atoms with Crippen LogP contribution in [0.25, 0.3) is 0 Å². The third-order valence-corrected chi connectivity index (χ3v) is 5.26. The lowest BCUT2D eigenvalue weighted by Gasteiger charge is -2.32. The summed E-state index contributed by atoms with van der Waals surface area (Å²) < 4.78 is 39.2. The van der Waals surface area contributed by atoms with Crippen LogP contribution in [0, 0.1) is 5.82 Å². The van der Waals surface area contributed by atoms with Crippen LogP contribution in [0.15, 0.2) is 23.1 Å². The number of nitrogens with zero attached hydrogens (tertiary/aromatic N) is 1. The molecule has 20 heavy (non-hydrogen) atoms. The van der Waals surface area contributed by atoms with Crippen molar-refractivity contribution in [2.75, 3.05) is 12.3 Å². The Balaban J connectivity index is 2.42. The van der Waals surface area contributed by atoms with Gasteiger partial charge in [-0.15, -0.1) is 0 Å². The normalized spacial score (nSPS) is 20.8. The van der Waals surface area contributed by atoms with E-state index in [9.17, 15) is 17.6 Å². The Morgan fingerprint density at radius 3 is 2.65 bits per heavy atom. The second-order valence-corrected chi connectivity index (χ2v) is 6.60. The van der Waals surface area contributed by atoms with Gasteiger partial charge in [0.05, 0.1) is 10.6 Å². The number of sulfonamides is 1. The highest BCUT2D eigenvalue weighted by Crippen LogP contribution is 2.26. The molecular formula is C12H16FN3O3S. The van der Waals surface area contributed by atoms with Crippen molar-refractivity contribution in [2.24, 2.45) is 5.73 Å². The molecule has 0 saturated carbocycles. The van der Waals surface area contributed by atoms with E-state index in [-0.39, 0.29) is 17.1 Å². The second-order valence-electron chi connectivity index (χ2n) is 4.71. The summed E-state index contributed by atoms with van der Waals surface area (Å²) in [5, 5.41) is 0. The zero-order valence-corrected chi connectivity index (χ0v) is 11.6. The number of piperidine rings is 1. The molecule has 1 aromatic rings. The zero-order valence-electron chi connectivity index (χ0n) is 10.8. The van der Waals surface area contributed by atoms with E-state index in [0.29, 0.717) is 12.8 Å². The summed E-state index contributed by atoms with van der Waals surface area (Å²) in [7, 11) is -3.91. The van der Waals surface area contributed by atoms with Gasteiger partial charge in [-0.05, 0) is 31.0 Å². The van der Waals surface area contributed by atoms with Crippen molar-refractivity contribution < 1.29 is 17.6 Å². The molecule has 0 aromatic heterocycles. The van der Waals surface area contributed by atoms with Gasteiger partial charge in [0, 0.05) is 6.54 Å². The zero-order chi connectivity index (χ0) is 14.9. The van der Waals surface area contributed by atoms with Gasteiger partial charge in [0.2, 0.25) is 15.9 Å². The Morgan fingerprint density at radius 1 is 1.35 bits per heavy atom. The Morgan fingerprint density at radius 2 is 2.05 bits per heavy atom. The number of nitrogen functional groups attached to an aromatic ring is 1. The van der Waals surface area contributed by atoms with Gasteiger partial charge in [0.1, 0.15) is 11.9 Å². The van der Waals surface area contributed by atoms with E-state index in [1.165, 1.54) is 0 Å². The van der Waals surface area contributed by atoms with Crippen molar-refractivity contribution in [2.45, 2.75) is 30.2 Å². The Bertz CT molecular complexity index is 633. The van der Waals surface area contributed by atoms with E-state index in [2.05, 4.69) is 0 Å². The molecule has 0 aliphatic carbocycles. The molecule has 1 heterocycles. The number of nitrogens with two attached hydrogens (primary N) is 2. The van der Waals surface area contributed by atoms with Crippen LogP contribution in [0.4, 0.5) is 10.1 Å². The molecule has 0 radical (unpaired) electrons. The first-order chi connectivity index (χ1) is 9.34. The molecule has 1 aliphatic rings. The van der Waals surface area contributed by atoms with Crippen molar-refractivity contribution in [3.63, 3.8) is 0 Å². The minimum absolute atomic E-state index is 0.135. The van der Waals surface area contributed by atoms with Crippen LogP contribution >= 0.6 is 0 Å². The summed E-state index contributed by atoms with van der Waals surface area (Å²) >= 11 is 0. The molecule has 2 rings (SSSR count). The van der Waals surface area contributed by atoms with Gasteiger partial charge in [0.25, 0.3) is 0 Å². The van der Waals surface area contributed by atoms with Crippen molar-refractivity contribution in [3.8, 4) is 0 Å². The number of primary amides is 1. The fraction of sp³-hybridized carbons (Fsp3) is 0.417. The monoisotopic (exact) mass is 301 g/mol. The maximum Gasteiger partial charge on any atom is 0.243 e. The summed E-state index contributed by atoms with van der Waals surface area (Å²) in [5.74, 6) is -1.36. The maximum atomic E-state index is 13.1. The lowest BCUT2D eigenvalue weighted by molar-refractivity contribution is -0.122. The number of carbonyl (C=O) groups excluding carboxylic acids is 1. The first-order valence-corrected chi connectivity index (χ1v) is 7.64. The average Bonchev–Trinajstić information content (AvgIpc) is 2.41. The minimum atomic E-state index is -3.91. The topological polar surface area (TPSA) is 106 Å². The van der Waals surface area contributed by atoms with Crippen LogP contribution in [0.1, 0.15) is 19.3 Å². The van der Waals surface area contributed by atoms with E-state index in [0.717, 1.165) is 28.9 Å². The first-order valence-electron chi connectivity index (χ1n) is 6.20. The summed E-state index contributed by atoms with van der Waals surface area (Å²) in [4.78, 5) is 11.3. The van der Waals surface area contributed by atoms with Crippen molar-refractivity contribution in [3.05, 3.63) is 24.0 Å². The number of amides is 1. The van der Waals surface area contributed by atoms with Gasteiger partial charge in [-0.1, -0.05) is 6.42 Å². The van der Waals surface area contributed by atoms with Gasteiger partial charge in [-0.2, -0.15) is 4.31 Å². The molecule has 8 heteroatoms. The van der Waals surface area contributed by atoms with Gasteiger partial charge in [-0.3, -0.25) is 4.79 Å². The quantitative estimate of drug-likeness (QED) is 0.790. The van der Waals surface area contributed by atoms with Gasteiger partial charge < -0.3 is 11.5 Å². The molecule has 1 atom stereocenters. The molecule has 110 valence electrons. The van der Waals surface area contributed by atoms with E-state index in [4.69, 9.17) is 11.5 Å². The number of rotatable bonds is 3. The minimum Gasteiger partial charge on any atom is -0.396 e. The number of halogens is 1. The van der Waals surface area contributed by atoms with Crippen molar-refractivity contribution in [1.82, 2.24) is 4.31 Å². The van der Waals surface area contributed by atoms with E-state index < -0.39 is 27.8 Å². The van der Waals surface area contributed by atoms with E-state index >= 15 is 0 Å². The molecule has 6 nitrogen and oxygen atoms in total. The molecule has 1 amide bonds. The maximum absolute atomic E-state index is 13.1. The highest BCUT2D eigenvalue weighted by molar-refractivity contribution is 7.89. The molecule has 1 aliphatic heterocycles. The average molecular weight is 301 g/mol. The third kappa shape index (κ3) is 2.61. The highest BCUT2D eigenvalue weighted by atomic mass is 32.2. The first kappa shape index (κ1) is 14.7. The van der Waals surface area contributed by atoms with Gasteiger partial charge in [-0.25, -0.2) is 12.8 Å². The number of carbonyl (C=O) groups is 1. The Hall–Kier alpha value is -1.67. The molecule has 0 spiro atoms. The molecular weight excluding hydrogens is 285 g/mol. The Kier molecular flexibility index (Phi) is 3.96. The summed E-state index contributed by atoms with van der Waals surface area (Å²) in [6.45, 7) is 0.215. The fourth-order valence-electron chi connectivity index (χ4n) is 2.29. The summed E-state index contributed by atoms with van der Waals surface area (Å²) in [6.07, 6.45) is 1.79. The lowest BCUT2D eigenvalue weighted by Crippen LogP contribution is -2.50. The van der Waals surface area contributed by atoms with E-state index in [1.807, 2.05) is 0 Å². The van der Waals surface area contributed by atoms with E-state index in [1.54, 1.807) is 0 Å². The summed E-state index contributed by atoms with van der Waals surface area (Å²) in [6, 6.07) is 2.32. The standard InChI is InChI=1S/C12H16FN3O3S/c13-9-5-4-8(7-10(9)14)20(18,19)16-6-2-1-3-11(16)12(15)17/h4-5,7,11H,1-3,6,14H2,(H2,15,17). The molecule has 1 saturated heterocycles. The summed E-state index contributed by atoms with van der Waals surface area (Å²) in [5.41, 5.74) is 10.4. The molecule has 1 aromatic carbocycles. The van der Waals surface area contributed by atoms with Gasteiger partial charge >= 0.3 is 0 Å². The molecule has 1 unspecified atom stereocenters. The number of hydrogen-bond donors (Lipinski definition) is 2. The van der Waals surface area contributed by atoms with Gasteiger partial charge in [0.15, 0.2) is 0 Å². The van der Waals surface area contributed by atoms with Crippen LogP contribution < -0.4 is 11.5 Å². The number of benzene rings is 1. The predicted molar refractivity (Wildman–Crippen MR) is 71.5 cm³/mol. The van der Waals surface area contributed by atoms with Crippen molar-refractivity contribution in [1.29, 1.82) is 0 Å². The third-order valence-electron chi connectivity index (χ3n) is 3.36. The SMILES string of the molecule is NC(=O)C1CCCCN1S(=O)(=O)c1ccc(F)c(N)c1. The molecule has 4 N–H and O–H groups in total. The Labute approximate surface area is 116 Å². The second kappa shape index (κ2) is 5.37. The molecule has 1 fully saturated rings. The van der Waals surface area contributed by atoms with Crippen LogP contribution in [0.2, 0.25) is 0 Å². The molecule has 0 bridgehead atoms. The number of hydrogen-bond acceptors (Lipinski definition) is 4. The van der Waals surface area contributed by atoms with Crippen LogP contribution in [-0.4, -0.2) is 31.2 Å². The largest absolute Gasteiger partial charge is 0.396 e. The highest BCUT2D eigenvalue weighted by Gasteiger charge is 2.36. The van der Waals surface area contributed by atoms with Crippen LogP contribution in [0.5, 0.6) is 0 Å². The van der Waals surface area contributed by atoms with Crippen molar-refractivity contribution >= 4 is 21.6 Å².